The average molecular weight is 335 g/mol. The summed E-state index contributed by atoms with van der Waals surface area (Å²) in [4.78, 5) is 0. The van der Waals surface area contributed by atoms with Gasteiger partial charge in [-0.15, -0.1) is 0 Å². The number of rotatable bonds is 8. The first-order valence-corrected chi connectivity index (χ1v) is 9.20. The summed E-state index contributed by atoms with van der Waals surface area (Å²) in [5.74, 6) is 0. The molecule has 24 heavy (non-hydrogen) atoms. The fourth-order valence-corrected chi connectivity index (χ4v) is 3.41. The summed E-state index contributed by atoms with van der Waals surface area (Å²) in [7, 11) is 0. The number of hydrogen-bond donors (Lipinski definition) is 0. The maximum absolute atomic E-state index is 6.05. The molecule has 0 spiro atoms. The average Bonchev–Trinajstić information content (AvgIpc) is 2.41. The van der Waals surface area contributed by atoms with Crippen LogP contribution in [0.4, 0.5) is 0 Å². The molecule has 0 saturated carbocycles. The van der Waals surface area contributed by atoms with Crippen LogP contribution in [0, 0.1) is 5.41 Å². The molecule has 0 N–H and O–H groups in total. The second-order valence-corrected chi connectivity index (χ2v) is 9.48. The highest BCUT2D eigenvalue weighted by Crippen LogP contribution is 2.37. The fraction of sp³-hybridized carbons (Fsp3) is 0.727. The van der Waals surface area contributed by atoms with Crippen molar-refractivity contribution in [1.82, 2.24) is 0 Å². The van der Waals surface area contributed by atoms with E-state index >= 15 is 0 Å². The lowest BCUT2D eigenvalue weighted by molar-refractivity contribution is -0.0587. The number of ether oxygens (including phenoxy) is 2. The largest absolute Gasteiger partial charge is 0.376 e. The normalized spacial score (nSPS) is 13.6. The summed E-state index contributed by atoms with van der Waals surface area (Å²) < 4.78 is 11.6. The molecule has 0 heterocycles. The van der Waals surface area contributed by atoms with Crippen molar-refractivity contribution in [1.29, 1.82) is 0 Å². The van der Waals surface area contributed by atoms with E-state index in [-0.39, 0.29) is 17.1 Å². The van der Waals surface area contributed by atoms with Gasteiger partial charge in [0, 0.05) is 0 Å². The molecule has 0 atom stereocenters. The van der Waals surface area contributed by atoms with Gasteiger partial charge in [-0.3, -0.25) is 0 Å². The Kier molecular flexibility index (Phi) is 7.07. The monoisotopic (exact) mass is 334 g/mol. The van der Waals surface area contributed by atoms with Gasteiger partial charge in [0.1, 0.15) is 0 Å². The summed E-state index contributed by atoms with van der Waals surface area (Å²) in [6.07, 6.45) is 1.41. The standard InChI is InChI=1S/C22H38O2/c1-17(2)23-14-15-24-22(8,9)19-12-10-18(11-13-19)21(6,7)16-20(3,4)5/h10-13,17H,14-16H2,1-9H3. The van der Waals surface area contributed by atoms with Crippen LogP contribution in [0.3, 0.4) is 0 Å². The third-order valence-electron chi connectivity index (χ3n) is 4.33. The molecule has 0 unspecified atom stereocenters. The van der Waals surface area contributed by atoms with Crippen LogP contribution in [-0.4, -0.2) is 19.3 Å². The highest BCUT2D eigenvalue weighted by molar-refractivity contribution is 5.31. The molecule has 0 aliphatic carbocycles. The minimum Gasteiger partial charge on any atom is -0.376 e. The third kappa shape index (κ3) is 6.94. The van der Waals surface area contributed by atoms with E-state index in [4.69, 9.17) is 9.47 Å². The Bertz CT molecular complexity index is 490. The molecule has 0 amide bonds. The Hall–Kier alpha value is -0.860. The van der Waals surface area contributed by atoms with Crippen LogP contribution in [0.1, 0.15) is 79.9 Å². The van der Waals surface area contributed by atoms with Gasteiger partial charge in [0.2, 0.25) is 0 Å². The lowest BCUT2D eigenvalue weighted by Gasteiger charge is -2.33. The van der Waals surface area contributed by atoms with Crippen LogP contribution in [0.2, 0.25) is 0 Å². The molecule has 2 nitrogen and oxygen atoms in total. The predicted molar refractivity (Wildman–Crippen MR) is 104 cm³/mol. The van der Waals surface area contributed by atoms with E-state index in [9.17, 15) is 0 Å². The molecule has 1 rings (SSSR count). The van der Waals surface area contributed by atoms with Gasteiger partial charge in [-0.05, 0) is 56.1 Å². The Balaban J connectivity index is 2.75. The Morgan fingerprint density at radius 1 is 0.792 bits per heavy atom. The summed E-state index contributed by atoms with van der Waals surface area (Å²) in [5, 5.41) is 0. The van der Waals surface area contributed by atoms with Crippen LogP contribution < -0.4 is 0 Å². The van der Waals surface area contributed by atoms with Crippen molar-refractivity contribution in [3.8, 4) is 0 Å². The van der Waals surface area contributed by atoms with E-state index in [1.165, 1.54) is 11.1 Å². The van der Waals surface area contributed by atoms with Crippen molar-refractivity contribution in [2.45, 2.75) is 85.9 Å². The topological polar surface area (TPSA) is 18.5 Å². The number of hydrogen-bond acceptors (Lipinski definition) is 2. The molecule has 2 heteroatoms. The van der Waals surface area contributed by atoms with Crippen LogP contribution >= 0.6 is 0 Å². The maximum Gasteiger partial charge on any atom is 0.0876 e. The first kappa shape index (κ1) is 21.2. The molecule has 0 aromatic heterocycles. The molecule has 0 aliphatic rings. The summed E-state index contributed by atoms with van der Waals surface area (Å²) in [6.45, 7) is 21.2. The van der Waals surface area contributed by atoms with Gasteiger partial charge in [0.15, 0.2) is 0 Å². The molecule has 138 valence electrons. The van der Waals surface area contributed by atoms with Gasteiger partial charge in [-0.25, -0.2) is 0 Å². The summed E-state index contributed by atoms with van der Waals surface area (Å²) in [5.41, 5.74) is 2.79. The van der Waals surface area contributed by atoms with Gasteiger partial charge in [-0.2, -0.15) is 0 Å². The van der Waals surface area contributed by atoms with Crippen molar-refractivity contribution in [2.75, 3.05) is 13.2 Å². The second kappa shape index (κ2) is 8.01. The van der Waals surface area contributed by atoms with Crippen molar-refractivity contribution in [3.63, 3.8) is 0 Å². The lowest BCUT2D eigenvalue weighted by Crippen LogP contribution is -2.26. The minimum absolute atomic E-state index is 0.173. The van der Waals surface area contributed by atoms with Crippen LogP contribution in [0.15, 0.2) is 24.3 Å². The van der Waals surface area contributed by atoms with Crippen LogP contribution in [-0.2, 0) is 20.5 Å². The van der Waals surface area contributed by atoms with Crippen LogP contribution in [0.25, 0.3) is 0 Å². The molecule has 1 aromatic carbocycles. The first-order valence-electron chi connectivity index (χ1n) is 9.20. The molecular formula is C22H38O2. The quantitative estimate of drug-likeness (QED) is 0.537. The first-order chi connectivity index (χ1) is 10.8. The van der Waals surface area contributed by atoms with E-state index in [1.807, 2.05) is 13.8 Å². The van der Waals surface area contributed by atoms with E-state index in [0.717, 1.165) is 6.42 Å². The minimum atomic E-state index is -0.299. The van der Waals surface area contributed by atoms with E-state index < -0.39 is 0 Å². The Labute approximate surface area is 149 Å². The van der Waals surface area contributed by atoms with E-state index in [0.29, 0.717) is 18.6 Å². The molecule has 0 bridgehead atoms. The predicted octanol–water partition coefficient (Wildman–Crippen LogP) is 6.08. The van der Waals surface area contributed by atoms with Crippen molar-refractivity contribution < 1.29 is 9.47 Å². The van der Waals surface area contributed by atoms with Crippen molar-refractivity contribution in [2.24, 2.45) is 5.41 Å². The molecule has 0 saturated heterocycles. The summed E-state index contributed by atoms with van der Waals surface area (Å²) >= 11 is 0. The van der Waals surface area contributed by atoms with Gasteiger partial charge in [-0.1, -0.05) is 58.9 Å². The maximum atomic E-state index is 6.05. The molecule has 0 radical (unpaired) electrons. The highest BCUT2D eigenvalue weighted by atomic mass is 16.5. The van der Waals surface area contributed by atoms with Crippen molar-refractivity contribution >= 4 is 0 Å². The molecule has 0 aliphatic heterocycles. The molecular weight excluding hydrogens is 296 g/mol. The smallest absolute Gasteiger partial charge is 0.0876 e. The Morgan fingerprint density at radius 3 is 1.75 bits per heavy atom. The van der Waals surface area contributed by atoms with Gasteiger partial charge >= 0.3 is 0 Å². The summed E-state index contributed by atoms with van der Waals surface area (Å²) in [6, 6.07) is 8.94. The fourth-order valence-electron chi connectivity index (χ4n) is 3.41. The second-order valence-electron chi connectivity index (χ2n) is 9.48. The van der Waals surface area contributed by atoms with Gasteiger partial charge in [0.05, 0.1) is 24.9 Å². The molecule has 0 fully saturated rings. The number of benzene rings is 1. The van der Waals surface area contributed by atoms with Crippen LogP contribution in [0.5, 0.6) is 0 Å². The van der Waals surface area contributed by atoms with Gasteiger partial charge < -0.3 is 9.47 Å². The zero-order valence-electron chi connectivity index (χ0n) is 17.3. The molecule has 1 aromatic rings. The lowest BCUT2D eigenvalue weighted by atomic mass is 9.72. The van der Waals surface area contributed by atoms with Crippen molar-refractivity contribution in [3.05, 3.63) is 35.4 Å². The zero-order chi connectivity index (χ0) is 18.6. The highest BCUT2D eigenvalue weighted by Gasteiger charge is 2.28. The van der Waals surface area contributed by atoms with E-state index in [1.54, 1.807) is 0 Å². The Morgan fingerprint density at radius 2 is 1.29 bits per heavy atom. The van der Waals surface area contributed by atoms with E-state index in [2.05, 4.69) is 72.7 Å². The third-order valence-corrected chi connectivity index (χ3v) is 4.33. The van der Waals surface area contributed by atoms with Gasteiger partial charge in [0.25, 0.3) is 0 Å². The zero-order valence-corrected chi connectivity index (χ0v) is 17.3. The SMILES string of the molecule is CC(C)OCCOC(C)(C)c1ccc(C(C)(C)CC(C)(C)C)cc1.